The highest BCUT2D eigenvalue weighted by Crippen LogP contribution is 2.07. The first-order valence-corrected chi connectivity index (χ1v) is 5.50. The van der Waals surface area contributed by atoms with Crippen LogP contribution in [0, 0.1) is 0 Å². The zero-order chi connectivity index (χ0) is 7.61. The minimum Gasteiger partial charge on any atom is -0.343 e. The van der Waals surface area contributed by atoms with Gasteiger partial charge in [0.15, 0.2) is 9.84 Å². The second-order valence-corrected chi connectivity index (χ2v) is 5.04. The standard InChI is InChI=1S/C6H13NO2S/c1-2-7-6-3-4-10(8,9)5-6/h6-7H,2-5H2,1H3/p+1/t6-/m0/s1. The molecular formula is C6H14NO2S+. The van der Waals surface area contributed by atoms with Gasteiger partial charge >= 0.3 is 0 Å². The summed E-state index contributed by atoms with van der Waals surface area (Å²) in [5.74, 6) is 0.787. The van der Waals surface area contributed by atoms with Gasteiger partial charge < -0.3 is 5.32 Å². The predicted octanol–water partition coefficient (Wildman–Crippen LogP) is -1.24. The Bertz CT molecular complexity index is 198. The van der Waals surface area contributed by atoms with Crippen LogP contribution in [0.3, 0.4) is 0 Å². The summed E-state index contributed by atoms with van der Waals surface area (Å²) >= 11 is 0. The number of hydrogen-bond acceptors (Lipinski definition) is 2. The Kier molecular flexibility index (Phi) is 2.31. The minimum atomic E-state index is -2.65. The zero-order valence-corrected chi connectivity index (χ0v) is 7.02. The number of nitrogens with two attached hydrogens (primary N) is 1. The second kappa shape index (κ2) is 2.88. The quantitative estimate of drug-likeness (QED) is 0.555. The van der Waals surface area contributed by atoms with Crippen LogP contribution < -0.4 is 5.32 Å². The molecule has 1 fully saturated rings. The van der Waals surface area contributed by atoms with E-state index in [0.29, 0.717) is 17.5 Å². The lowest BCUT2D eigenvalue weighted by atomic mass is 10.3. The fourth-order valence-corrected chi connectivity index (χ4v) is 3.13. The van der Waals surface area contributed by atoms with Gasteiger partial charge in [-0.3, -0.25) is 0 Å². The summed E-state index contributed by atoms with van der Waals surface area (Å²) < 4.78 is 21.8. The van der Waals surface area contributed by atoms with E-state index in [0.717, 1.165) is 13.0 Å². The Morgan fingerprint density at radius 2 is 2.30 bits per heavy atom. The predicted molar refractivity (Wildman–Crippen MR) is 39.5 cm³/mol. The molecule has 0 unspecified atom stereocenters. The van der Waals surface area contributed by atoms with Gasteiger partial charge in [-0.25, -0.2) is 8.42 Å². The van der Waals surface area contributed by atoms with Crippen molar-refractivity contribution in [2.75, 3.05) is 18.1 Å². The number of quaternary nitrogens is 1. The smallest absolute Gasteiger partial charge is 0.156 e. The van der Waals surface area contributed by atoms with Gasteiger partial charge in [-0.05, 0) is 6.92 Å². The SMILES string of the molecule is CC[NH2+][C@H]1CCS(=O)(=O)C1. The summed E-state index contributed by atoms with van der Waals surface area (Å²) in [4.78, 5) is 0. The maximum absolute atomic E-state index is 10.9. The highest BCUT2D eigenvalue weighted by Gasteiger charge is 2.29. The van der Waals surface area contributed by atoms with Gasteiger partial charge in [-0.1, -0.05) is 0 Å². The van der Waals surface area contributed by atoms with Gasteiger partial charge in [0.2, 0.25) is 0 Å². The third kappa shape index (κ3) is 1.95. The molecule has 1 saturated heterocycles. The highest BCUT2D eigenvalue weighted by molar-refractivity contribution is 7.91. The summed E-state index contributed by atoms with van der Waals surface area (Å²) in [6, 6.07) is 0.343. The molecular weight excluding hydrogens is 150 g/mol. The lowest BCUT2D eigenvalue weighted by Gasteiger charge is -2.02. The molecule has 0 amide bonds. The van der Waals surface area contributed by atoms with Crippen LogP contribution in [0.1, 0.15) is 13.3 Å². The molecule has 0 aliphatic carbocycles. The molecule has 0 bridgehead atoms. The monoisotopic (exact) mass is 164 g/mol. The first-order valence-electron chi connectivity index (χ1n) is 3.68. The molecule has 0 aromatic carbocycles. The maximum atomic E-state index is 10.9. The maximum Gasteiger partial charge on any atom is 0.156 e. The van der Waals surface area contributed by atoms with Gasteiger partial charge in [0.25, 0.3) is 0 Å². The van der Waals surface area contributed by atoms with Crippen LogP contribution >= 0.6 is 0 Å². The largest absolute Gasteiger partial charge is 0.343 e. The van der Waals surface area contributed by atoms with Crippen molar-refractivity contribution in [1.29, 1.82) is 0 Å². The van der Waals surface area contributed by atoms with Crippen LogP contribution in [-0.2, 0) is 9.84 Å². The first kappa shape index (κ1) is 8.01. The number of sulfone groups is 1. The average molecular weight is 164 g/mol. The van der Waals surface area contributed by atoms with Crippen LogP contribution in [0.4, 0.5) is 0 Å². The van der Waals surface area contributed by atoms with E-state index >= 15 is 0 Å². The fourth-order valence-electron chi connectivity index (χ4n) is 1.34. The number of hydrogen-bond donors (Lipinski definition) is 1. The molecule has 1 heterocycles. The zero-order valence-electron chi connectivity index (χ0n) is 6.21. The van der Waals surface area contributed by atoms with E-state index in [-0.39, 0.29) is 0 Å². The Hall–Kier alpha value is -0.0900. The molecule has 0 aromatic rings. The van der Waals surface area contributed by atoms with E-state index in [9.17, 15) is 8.42 Å². The van der Waals surface area contributed by atoms with E-state index in [1.807, 2.05) is 6.92 Å². The van der Waals surface area contributed by atoms with Crippen molar-refractivity contribution < 1.29 is 13.7 Å². The summed E-state index contributed by atoms with van der Waals surface area (Å²) in [7, 11) is -2.65. The van der Waals surface area contributed by atoms with Crippen molar-refractivity contribution in [3.63, 3.8) is 0 Å². The van der Waals surface area contributed by atoms with Gasteiger partial charge in [-0.15, -0.1) is 0 Å². The van der Waals surface area contributed by atoms with Crippen molar-refractivity contribution in [1.82, 2.24) is 0 Å². The molecule has 2 N–H and O–H groups in total. The highest BCUT2D eigenvalue weighted by atomic mass is 32.2. The molecule has 4 heteroatoms. The minimum absolute atomic E-state index is 0.343. The lowest BCUT2D eigenvalue weighted by molar-refractivity contribution is -0.681. The van der Waals surface area contributed by atoms with Crippen molar-refractivity contribution >= 4 is 9.84 Å². The molecule has 1 atom stereocenters. The fraction of sp³-hybridized carbons (Fsp3) is 1.00. The van der Waals surface area contributed by atoms with Crippen molar-refractivity contribution in [3.05, 3.63) is 0 Å². The normalized spacial score (nSPS) is 30.7. The first-order chi connectivity index (χ1) is 4.64. The Morgan fingerprint density at radius 3 is 2.70 bits per heavy atom. The Balaban J connectivity index is 2.44. The molecule has 3 nitrogen and oxygen atoms in total. The van der Waals surface area contributed by atoms with Gasteiger partial charge in [0, 0.05) is 6.42 Å². The van der Waals surface area contributed by atoms with Crippen LogP contribution in [-0.4, -0.2) is 32.5 Å². The van der Waals surface area contributed by atoms with Crippen molar-refractivity contribution in [3.8, 4) is 0 Å². The molecule has 1 rings (SSSR count). The molecule has 10 heavy (non-hydrogen) atoms. The van der Waals surface area contributed by atoms with Gasteiger partial charge in [0.1, 0.15) is 11.8 Å². The molecule has 0 spiro atoms. The van der Waals surface area contributed by atoms with Crippen LogP contribution in [0.2, 0.25) is 0 Å². The summed E-state index contributed by atoms with van der Waals surface area (Å²) in [5, 5.41) is 2.10. The van der Waals surface area contributed by atoms with E-state index < -0.39 is 9.84 Å². The van der Waals surface area contributed by atoms with Crippen LogP contribution in [0.5, 0.6) is 0 Å². The molecule has 0 radical (unpaired) electrons. The van der Waals surface area contributed by atoms with Gasteiger partial charge in [0.05, 0.1) is 12.3 Å². The van der Waals surface area contributed by atoms with E-state index in [4.69, 9.17) is 0 Å². The summed E-state index contributed by atoms with van der Waals surface area (Å²) in [6.07, 6.45) is 0.843. The average Bonchev–Trinajstić information content (AvgIpc) is 2.12. The molecule has 0 saturated carbocycles. The van der Waals surface area contributed by atoms with Gasteiger partial charge in [-0.2, -0.15) is 0 Å². The molecule has 0 aromatic heterocycles. The van der Waals surface area contributed by atoms with Crippen molar-refractivity contribution in [2.45, 2.75) is 19.4 Å². The molecule has 1 aliphatic heterocycles. The second-order valence-electron chi connectivity index (χ2n) is 2.81. The third-order valence-electron chi connectivity index (χ3n) is 1.84. The van der Waals surface area contributed by atoms with Crippen LogP contribution in [0.25, 0.3) is 0 Å². The molecule has 60 valence electrons. The van der Waals surface area contributed by atoms with Crippen LogP contribution in [0.15, 0.2) is 0 Å². The Morgan fingerprint density at radius 1 is 1.60 bits per heavy atom. The topological polar surface area (TPSA) is 50.8 Å². The number of rotatable bonds is 2. The van der Waals surface area contributed by atoms with E-state index in [2.05, 4.69) is 5.32 Å². The van der Waals surface area contributed by atoms with E-state index in [1.54, 1.807) is 0 Å². The third-order valence-corrected chi connectivity index (χ3v) is 3.63. The lowest BCUT2D eigenvalue weighted by Crippen LogP contribution is -2.90. The summed E-state index contributed by atoms with van der Waals surface area (Å²) in [5.41, 5.74) is 0. The summed E-state index contributed by atoms with van der Waals surface area (Å²) in [6.45, 7) is 3.03. The van der Waals surface area contributed by atoms with E-state index in [1.165, 1.54) is 0 Å². The Labute approximate surface area is 61.7 Å². The van der Waals surface area contributed by atoms with Crippen molar-refractivity contribution in [2.24, 2.45) is 0 Å². The molecule has 1 aliphatic rings.